The summed E-state index contributed by atoms with van der Waals surface area (Å²) in [5, 5.41) is 0. The van der Waals surface area contributed by atoms with Crippen LogP contribution in [-0.2, 0) is 0 Å². The fraction of sp³-hybridized carbons (Fsp3) is 0.125. The summed E-state index contributed by atoms with van der Waals surface area (Å²) >= 11 is 6.56. The topological polar surface area (TPSA) is 51.8 Å². The molecule has 2 heterocycles. The van der Waals surface area contributed by atoms with E-state index in [1.165, 1.54) is 6.26 Å². The van der Waals surface area contributed by atoms with Gasteiger partial charge >= 0.3 is 0 Å². The lowest BCUT2D eigenvalue weighted by atomic mass is 10.4. The lowest BCUT2D eigenvalue weighted by molar-refractivity contribution is 0.521. The number of aryl methyl sites for hydroxylation is 1. The van der Waals surface area contributed by atoms with Gasteiger partial charge in [-0.2, -0.15) is 0 Å². The second-order valence-corrected chi connectivity index (χ2v) is 4.21. The molecule has 0 aliphatic carbocycles. The van der Waals surface area contributed by atoms with Gasteiger partial charge in [0.15, 0.2) is 11.7 Å². The molecule has 6 heteroatoms. The molecule has 0 bridgehead atoms. The highest BCUT2D eigenvalue weighted by Gasteiger charge is 2.08. The lowest BCUT2D eigenvalue weighted by Crippen LogP contribution is -1.90. The van der Waals surface area contributed by atoms with Gasteiger partial charge in [0.1, 0.15) is 21.2 Å². The van der Waals surface area contributed by atoms with E-state index in [0.29, 0.717) is 26.6 Å². The van der Waals surface area contributed by atoms with Crippen molar-refractivity contribution >= 4 is 31.9 Å². The van der Waals surface area contributed by atoms with Gasteiger partial charge in [-0.15, -0.1) is 0 Å². The molecule has 0 aliphatic rings. The maximum atomic E-state index is 5.08. The van der Waals surface area contributed by atoms with Gasteiger partial charge in [0.05, 0.1) is 0 Å². The van der Waals surface area contributed by atoms with Gasteiger partial charge in [-0.1, -0.05) is 0 Å². The Morgan fingerprint density at radius 2 is 1.79 bits per heavy atom. The van der Waals surface area contributed by atoms with Crippen molar-refractivity contribution in [3.05, 3.63) is 27.4 Å². The molecule has 0 unspecified atom stereocenters. The van der Waals surface area contributed by atoms with Gasteiger partial charge in [-0.05, 0) is 31.9 Å². The van der Waals surface area contributed by atoms with Crippen molar-refractivity contribution in [2.75, 3.05) is 0 Å². The Morgan fingerprint density at radius 3 is 2.29 bits per heavy atom. The highest BCUT2D eigenvalue weighted by Crippen LogP contribution is 2.20. The number of halogens is 2. The zero-order valence-corrected chi connectivity index (χ0v) is 10.3. The lowest BCUT2D eigenvalue weighted by Gasteiger charge is -1.96. The Morgan fingerprint density at radius 1 is 1.14 bits per heavy atom. The molecule has 0 N–H and O–H groups in total. The summed E-state index contributed by atoms with van der Waals surface area (Å²) < 4.78 is 6.48. The molecule has 0 aromatic carbocycles. The number of rotatable bonds is 1. The third kappa shape index (κ3) is 2.01. The first kappa shape index (κ1) is 9.79. The van der Waals surface area contributed by atoms with E-state index in [4.69, 9.17) is 4.42 Å². The highest BCUT2D eigenvalue weighted by atomic mass is 79.9. The van der Waals surface area contributed by atoms with Crippen LogP contribution in [0.1, 0.15) is 5.89 Å². The van der Waals surface area contributed by atoms with E-state index in [9.17, 15) is 0 Å². The molecule has 0 saturated heterocycles. The summed E-state index contributed by atoms with van der Waals surface area (Å²) in [5.74, 6) is 1.13. The number of hydrogen-bond donors (Lipinski definition) is 0. The zero-order chi connectivity index (χ0) is 10.1. The van der Waals surface area contributed by atoms with Gasteiger partial charge in [0.2, 0.25) is 0 Å². The number of oxazole rings is 1. The Bertz CT molecular complexity index is 449. The van der Waals surface area contributed by atoms with Crippen molar-refractivity contribution < 1.29 is 4.42 Å². The quantitative estimate of drug-likeness (QED) is 0.759. The maximum Gasteiger partial charge on any atom is 0.191 e. The predicted molar refractivity (Wildman–Crippen MR) is 57.7 cm³/mol. The normalized spacial score (nSPS) is 10.5. The molecular formula is C8H5Br2N3O. The van der Waals surface area contributed by atoms with E-state index in [2.05, 4.69) is 46.8 Å². The van der Waals surface area contributed by atoms with Gasteiger partial charge < -0.3 is 4.42 Å². The largest absolute Gasteiger partial charge is 0.449 e. The highest BCUT2D eigenvalue weighted by molar-refractivity contribution is 9.11. The fourth-order valence-corrected chi connectivity index (χ4v) is 2.05. The Kier molecular flexibility index (Phi) is 2.64. The SMILES string of the molecule is Cc1nc(-c2nc(Br)cc(Br)n2)co1. The van der Waals surface area contributed by atoms with E-state index in [0.717, 1.165) is 0 Å². The van der Waals surface area contributed by atoms with Gasteiger partial charge in [-0.25, -0.2) is 15.0 Å². The smallest absolute Gasteiger partial charge is 0.191 e. The molecular weight excluding hydrogens is 314 g/mol. The van der Waals surface area contributed by atoms with Gasteiger partial charge in [0, 0.05) is 13.0 Å². The minimum absolute atomic E-state index is 0.531. The minimum Gasteiger partial charge on any atom is -0.449 e. The van der Waals surface area contributed by atoms with E-state index < -0.39 is 0 Å². The van der Waals surface area contributed by atoms with Crippen LogP contribution in [0.25, 0.3) is 11.5 Å². The number of nitrogens with zero attached hydrogens (tertiary/aromatic N) is 3. The Balaban J connectivity index is 2.51. The Labute approximate surface area is 97.0 Å². The van der Waals surface area contributed by atoms with Crippen LogP contribution in [0.2, 0.25) is 0 Å². The molecule has 0 saturated carbocycles. The van der Waals surface area contributed by atoms with Crippen LogP contribution in [0, 0.1) is 6.92 Å². The molecule has 14 heavy (non-hydrogen) atoms. The number of hydrogen-bond acceptors (Lipinski definition) is 4. The van der Waals surface area contributed by atoms with Crippen LogP contribution in [0.5, 0.6) is 0 Å². The fourth-order valence-electron chi connectivity index (χ4n) is 0.971. The molecule has 0 atom stereocenters. The van der Waals surface area contributed by atoms with Crippen molar-refractivity contribution in [1.82, 2.24) is 15.0 Å². The standard InChI is InChI=1S/C8H5Br2N3O/c1-4-11-5(3-14-4)8-12-6(9)2-7(10)13-8/h2-3H,1H3. The van der Waals surface area contributed by atoms with Crippen LogP contribution in [0.15, 0.2) is 26.0 Å². The van der Waals surface area contributed by atoms with E-state index in [1.54, 1.807) is 13.0 Å². The van der Waals surface area contributed by atoms with Crippen LogP contribution in [0.3, 0.4) is 0 Å². The third-order valence-corrected chi connectivity index (χ3v) is 2.32. The van der Waals surface area contributed by atoms with E-state index in [1.807, 2.05) is 0 Å². The van der Waals surface area contributed by atoms with Crippen LogP contribution >= 0.6 is 31.9 Å². The Hall–Kier alpha value is -0.750. The molecule has 2 rings (SSSR count). The first-order chi connectivity index (χ1) is 6.65. The average molecular weight is 319 g/mol. The maximum absolute atomic E-state index is 5.08. The summed E-state index contributed by atoms with van der Waals surface area (Å²) in [6.45, 7) is 1.77. The summed E-state index contributed by atoms with van der Waals surface area (Å²) in [4.78, 5) is 12.5. The summed E-state index contributed by atoms with van der Waals surface area (Å²) in [7, 11) is 0. The third-order valence-electron chi connectivity index (χ3n) is 1.51. The van der Waals surface area contributed by atoms with Crippen LogP contribution < -0.4 is 0 Å². The van der Waals surface area contributed by atoms with Crippen molar-refractivity contribution in [3.8, 4) is 11.5 Å². The molecule has 72 valence electrons. The van der Waals surface area contributed by atoms with Crippen LogP contribution in [0.4, 0.5) is 0 Å². The summed E-state index contributed by atoms with van der Waals surface area (Å²) in [6.07, 6.45) is 1.53. The molecule has 0 spiro atoms. The van der Waals surface area contributed by atoms with Crippen molar-refractivity contribution in [2.24, 2.45) is 0 Å². The number of aromatic nitrogens is 3. The van der Waals surface area contributed by atoms with Gasteiger partial charge in [0.25, 0.3) is 0 Å². The molecule has 0 radical (unpaired) electrons. The second kappa shape index (κ2) is 3.78. The van der Waals surface area contributed by atoms with Gasteiger partial charge in [-0.3, -0.25) is 0 Å². The molecule has 2 aromatic heterocycles. The van der Waals surface area contributed by atoms with E-state index in [-0.39, 0.29) is 0 Å². The molecule has 0 amide bonds. The first-order valence-corrected chi connectivity index (χ1v) is 5.36. The van der Waals surface area contributed by atoms with Crippen LogP contribution in [-0.4, -0.2) is 15.0 Å². The minimum atomic E-state index is 0.531. The molecule has 4 nitrogen and oxygen atoms in total. The average Bonchev–Trinajstić information content (AvgIpc) is 2.50. The van der Waals surface area contributed by atoms with Crippen molar-refractivity contribution in [3.63, 3.8) is 0 Å². The predicted octanol–water partition coefficient (Wildman–Crippen LogP) is 2.97. The zero-order valence-electron chi connectivity index (χ0n) is 7.16. The summed E-state index contributed by atoms with van der Waals surface area (Å²) in [5.41, 5.74) is 0.629. The van der Waals surface area contributed by atoms with Crippen molar-refractivity contribution in [2.45, 2.75) is 6.92 Å². The molecule has 2 aromatic rings. The molecule has 0 aliphatic heterocycles. The van der Waals surface area contributed by atoms with E-state index >= 15 is 0 Å². The summed E-state index contributed by atoms with van der Waals surface area (Å²) in [6, 6.07) is 1.76. The van der Waals surface area contributed by atoms with Crippen molar-refractivity contribution in [1.29, 1.82) is 0 Å². The first-order valence-electron chi connectivity index (χ1n) is 3.78. The monoisotopic (exact) mass is 317 g/mol. The molecule has 0 fully saturated rings. The second-order valence-electron chi connectivity index (χ2n) is 2.59.